The number of anilines is 1. The zero-order chi connectivity index (χ0) is 14.1. The van der Waals surface area contributed by atoms with Crippen LogP contribution in [0, 0.1) is 6.92 Å². The number of benzene rings is 1. The Morgan fingerprint density at radius 1 is 1.26 bits per heavy atom. The first-order valence-corrected chi connectivity index (χ1v) is 7.03. The van der Waals surface area contributed by atoms with Crippen LogP contribution in [0.25, 0.3) is 0 Å². The monoisotopic (exact) mass is 262 g/mol. The van der Waals surface area contributed by atoms with E-state index in [-0.39, 0.29) is 11.1 Å². The largest absolute Gasteiger partial charge is 0.375 e. The molecule has 1 aromatic rings. The van der Waals surface area contributed by atoms with E-state index in [1.54, 1.807) is 0 Å². The van der Waals surface area contributed by atoms with Crippen LogP contribution in [-0.4, -0.2) is 31.3 Å². The number of hydrogen-bond donors (Lipinski definition) is 1. The maximum Gasteiger partial charge on any atom is 0.0649 e. The van der Waals surface area contributed by atoms with Gasteiger partial charge >= 0.3 is 0 Å². The molecular formula is C16H26N2O. The number of hydrogen-bond acceptors (Lipinski definition) is 3. The van der Waals surface area contributed by atoms with Gasteiger partial charge in [-0.25, -0.2) is 0 Å². The van der Waals surface area contributed by atoms with Gasteiger partial charge in [-0.2, -0.15) is 0 Å². The van der Waals surface area contributed by atoms with E-state index in [1.165, 1.54) is 11.3 Å². The van der Waals surface area contributed by atoms with Crippen molar-refractivity contribution in [2.45, 2.75) is 44.8 Å². The maximum atomic E-state index is 6.13. The van der Waals surface area contributed by atoms with Crippen molar-refractivity contribution in [3.05, 3.63) is 29.8 Å². The van der Waals surface area contributed by atoms with Crippen molar-refractivity contribution in [3.63, 3.8) is 0 Å². The Morgan fingerprint density at radius 3 is 2.42 bits per heavy atom. The smallest absolute Gasteiger partial charge is 0.0649 e. The highest BCUT2D eigenvalue weighted by atomic mass is 16.5. The summed E-state index contributed by atoms with van der Waals surface area (Å²) in [4.78, 5) is 2.34. The van der Waals surface area contributed by atoms with Crippen LogP contribution in [0.4, 0.5) is 5.69 Å². The number of likely N-dealkylation sites (N-methyl/N-ethyl adjacent to an activating group) is 1. The highest BCUT2D eigenvalue weighted by Crippen LogP contribution is 2.37. The molecule has 106 valence electrons. The Hall–Kier alpha value is -1.06. The normalized spacial score (nSPS) is 26.2. The summed E-state index contributed by atoms with van der Waals surface area (Å²) in [5, 5.41) is 0. The van der Waals surface area contributed by atoms with Gasteiger partial charge in [-0.05, 0) is 39.3 Å². The zero-order valence-electron chi connectivity index (χ0n) is 12.6. The second-order valence-corrected chi connectivity index (χ2v) is 6.36. The minimum absolute atomic E-state index is 0.00297. The summed E-state index contributed by atoms with van der Waals surface area (Å²) in [6.07, 6.45) is 1.94. The predicted octanol–water partition coefficient (Wildman–Crippen LogP) is 2.72. The molecule has 2 N–H and O–H groups in total. The lowest BCUT2D eigenvalue weighted by molar-refractivity contribution is -0.0786. The molecule has 0 radical (unpaired) electrons. The molecule has 0 spiro atoms. The van der Waals surface area contributed by atoms with Gasteiger partial charge in [0.15, 0.2) is 0 Å². The molecule has 1 aliphatic rings. The molecule has 2 rings (SSSR count). The lowest BCUT2D eigenvalue weighted by Gasteiger charge is -2.50. The van der Waals surface area contributed by atoms with Crippen LogP contribution < -0.4 is 10.6 Å². The standard InChI is InChI=1S/C16H26N2O/c1-13-5-7-14(8-6-13)18(4)16(12-17)9-10-19-15(2,3)11-16/h5-8H,9-12,17H2,1-4H3. The first-order chi connectivity index (χ1) is 8.88. The van der Waals surface area contributed by atoms with Gasteiger partial charge in [0, 0.05) is 32.3 Å². The molecule has 0 amide bonds. The van der Waals surface area contributed by atoms with Crippen molar-refractivity contribution in [3.8, 4) is 0 Å². The highest BCUT2D eigenvalue weighted by molar-refractivity contribution is 5.50. The summed E-state index contributed by atoms with van der Waals surface area (Å²) >= 11 is 0. The van der Waals surface area contributed by atoms with Crippen molar-refractivity contribution < 1.29 is 4.74 Å². The average molecular weight is 262 g/mol. The fourth-order valence-electron chi connectivity index (χ4n) is 3.09. The van der Waals surface area contributed by atoms with Gasteiger partial charge in [-0.15, -0.1) is 0 Å². The number of ether oxygens (including phenoxy) is 1. The molecule has 3 heteroatoms. The van der Waals surface area contributed by atoms with Crippen molar-refractivity contribution >= 4 is 5.69 Å². The number of rotatable bonds is 3. The van der Waals surface area contributed by atoms with Gasteiger partial charge in [0.25, 0.3) is 0 Å². The first kappa shape index (κ1) is 14.4. The van der Waals surface area contributed by atoms with Crippen LogP contribution in [0.5, 0.6) is 0 Å². The fraction of sp³-hybridized carbons (Fsp3) is 0.625. The molecule has 3 nitrogen and oxygen atoms in total. The Balaban J connectivity index is 2.27. The summed E-state index contributed by atoms with van der Waals surface area (Å²) in [5.41, 5.74) is 8.54. The molecule has 1 unspecified atom stereocenters. The first-order valence-electron chi connectivity index (χ1n) is 7.03. The van der Waals surface area contributed by atoms with E-state index in [1.807, 2.05) is 0 Å². The number of nitrogens with zero attached hydrogens (tertiary/aromatic N) is 1. The zero-order valence-corrected chi connectivity index (χ0v) is 12.6. The molecule has 1 atom stereocenters. The van der Waals surface area contributed by atoms with E-state index in [0.717, 1.165) is 19.4 Å². The summed E-state index contributed by atoms with van der Waals surface area (Å²) in [7, 11) is 2.15. The average Bonchev–Trinajstić information content (AvgIpc) is 2.37. The van der Waals surface area contributed by atoms with E-state index >= 15 is 0 Å². The third-order valence-corrected chi connectivity index (χ3v) is 4.33. The summed E-state index contributed by atoms with van der Waals surface area (Å²) in [6, 6.07) is 8.66. The summed E-state index contributed by atoms with van der Waals surface area (Å²) < 4.78 is 5.85. The molecular weight excluding hydrogens is 236 g/mol. The topological polar surface area (TPSA) is 38.5 Å². The maximum absolute atomic E-state index is 6.13. The van der Waals surface area contributed by atoms with Crippen molar-refractivity contribution in [1.82, 2.24) is 0 Å². The van der Waals surface area contributed by atoms with Gasteiger partial charge in [0.05, 0.1) is 11.1 Å². The molecule has 1 fully saturated rings. The number of nitrogens with two attached hydrogens (primary N) is 1. The van der Waals surface area contributed by atoms with Crippen molar-refractivity contribution in [2.75, 3.05) is 25.1 Å². The van der Waals surface area contributed by atoms with Gasteiger partial charge in [0.2, 0.25) is 0 Å². The van der Waals surface area contributed by atoms with Gasteiger partial charge in [-0.3, -0.25) is 0 Å². The molecule has 0 saturated carbocycles. The molecule has 1 saturated heterocycles. The second kappa shape index (κ2) is 5.14. The minimum Gasteiger partial charge on any atom is -0.375 e. The lowest BCUT2D eigenvalue weighted by Crippen LogP contribution is -2.59. The lowest BCUT2D eigenvalue weighted by atomic mass is 9.80. The Labute approximate surface area is 116 Å². The molecule has 0 aliphatic carbocycles. The van der Waals surface area contributed by atoms with Crippen LogP contribution in [0.15, 0.2) is 24.3 Å². The van der Waals surface area contributed by atoms with E-state index < -0.39 is 0 Å². The van der Waals surface area contributed by atoms with Crippen LogP contribution in [0.2, 0.25) is 0 Å². The van der Waals surface area contributed by atoms with Crippen LogP contribution in [0.1, 0.15) is 32.3 Å². The third kappa shape index (κ3) is 2.93. The summed E-state index contributed by atoms with van der Waals surface area (Å²) in [6.45, 7) is 7.85. The molecule has 1 aliphatic heterocycles. The Bertz CT molecular complexity index is 427. The molecule has 19 heavy (non-hydrogen) atoms. The Morgan fingerprint density at radius 2 is 1.89 bits per heavy atom. The van der Waals surface area contributed by atoms with Crippen molar-refractivity contribution in [1.29, 1.82) is 0 Å². The van der Waals surface area contributed by atoms with Gasteiger partial charge in [-0.1, -0.05) is 17.7 Å². The minimum atomic E-state index is -0.101. The van der Waals surface area contributed by atoms with Crippen LogP contribution in [-0.2, 0) is 4.74 Å². The number of aryl methyl sites for hydroxylation is 1. The van der Waals surface area contributed by atoms with Gasteiger partial charge < -0.3 is 15.4 Å². The Kier molecular flexibility index (Phi) is 3.88. The molecule has 1 heterocycles. The quantitative estimate of drug-likeness (QED) is 0.910. The summed E-state index contributed by atoms with van der Waals surface area (Å²) in [5.74, 6) is 0. The highest BCUT2D eigenvalue weighted by Gasteiger charge is 2.42. The second-order valence-electron chi connectivity index (χ2n) is 6.36. The van der Waals surface area contributed by atoms with Crippen LogP contribution >= 0.6 is 0 Å². The predicted molar refractivity (Wildman–Crippen MR) is 80.6 cm³/mol. The van der Waals surface area contributed by atoms with E-state index in [4.69, 9.17) is 10.5 Å². The van der Waals surface area contributed by atoms with E-state index in [2.05, 4.69) is 57.0 Å². The van der Waals surface area contributed by atoms with Gasteiger partial charge in [0.1, 0.15) is 0 Å². The molecule has 0 aromatic heterocycles. The molecule has 0 bridgehead atoms. The molecule has 1 aromatic carbocycles. The third-order valence-electron chi connectivity index (χ3n) is 4.33. The van der Waals surface area contributed by atoms with E-state index in [0.29, 0.717) is 6.54 Å². The van der Waals surface area contributed by atoms with Crippen molar-refractivity contribution in [2.24, 2.45) is 5.73 Å². The SMILES string of the molecule is Cc1ccc(N(C)C2(CN)CCOC(C)(C)C2)cc1. The van der Waals surface area contributed by atoms with Crippen LogP contribution in [0.3, 0.4) is 0 Å². The fourth-order valence-corrected chi connectivity index (χ4v) is 3.09. The van der Waals surface area contributed by atoms with E-state index in [9.17, 15) is 0 Å².